The second kappa shape index (κ2) is 7.52. The summed E-state index contributed by atoms with van der Waals surface area (Å²) in [5.74, 6) is -1.81. The van der Waals surface area contributed by atoms with Crippen LogP contribution in [0.1, 0.15) is 27.5 Å². The van der Waals surface area contributed by atoms with E-state index in [1.807, 2.05) is 0 Å². The first-order valence-corrected chi connectivity index (χ1v) is 7.97. The molecule has 3 rings (SSSR count). The van der Waals surface area contributed by atoms with Crippen LogP contribution in [0, 0.1) is 17.1 Å². The number of aromatic nitrogens is 2. The molecule has 0 saturated carbocycles. The molecule has 1 aromatic heterocycles. The van der Waals surface area contributed by atoms with Gasteiger partial charge in [-0.2, -0.15) is 23.5 Å². The van der Waals surface area contributed by atoms with Gasteiger partial charge < -0.3 is 5.32 Å². The van der Waals surface area contributed by atoms with E-state index in [2.05, 4.69) is 10.4 Å². The minimum atomic E-state index is -4.60. The van der Waals surface area contributed by atoms with Crippen LogP contribution in [0.4, 0.5) is 17.6 Å². The maximum atomic E-state index is 14.3. The number of carbonyl (C=O) groups is 1. The minimum Gasteiger partial charge on any atom is -0.332 e. The van der Waals surface area contributed by atoms with Crippen LogP contribution in [0.3, 0.4) is 0 Å². The van der Waals surface area contributed by atoms with E-state index in [9.17, 15) is 27.6 Å². The first-order valence-electron chi connectivity index (χ1n) is 7.97. The van der Waals surface area contributed by atoms with Crippen molar-refractivity contribution in [2.24, 2.45) is 0 Å². The highest BCUT2D eigenvalue weighted by atomic mass is 19.4. The highest BCUT2D eigenvalue weighted by Gasteiger charge is 2.31. The monoisotopic (exact) mass is 388 g/mol. The third kappa shape index (κ3) is 3.86. The van der Waals surface area contributed by atoms with Gasteiger partial charge in [-0.1, -0.05) is 18.2 Å². The molecule has 0 bridgehead atoms. The quantitative estimate of drug-likeness (QED) is 0.686. The number of carbonyl (C=O) groups excluding carboxylic acids is 1. The van der Waals surface area contributed by atoms with Crippen LogP contribution in [-0.2, 0) is 6.18 Å². The minimum absolute atomic E-state index is 0.0670. The molecule has 3 aromatic rings. The van der Waals surface area contributed by atoms with Gasteiger partial charge in [0.25, 0.3) is 5.91 Å². The van der Waals surface area contributed by atoms with Crippen LogP contribution in [-0.4, -0.2) is 15.7 Å². The summed E-state index contributed by atoms with van der Waals surface area (Å²) in [6, 6.07) is 9.84. The molecular formula is C19H12F4N4O. The molecule has 1 unspecified atom stereocenters. The molecule has 1 atom stereocenters. The van der Waals surface area contributed by atoms with Crippen LogP contribution in [0.25, 0.3) is 5.69 Å². The van der Waals surface area contributed by atoms with Crippen molar-refractivity contribution in [3.05, 3.63) is 83.4 Å². The van der Waals surface area contributed by atoms with Gasteiger partial charge in [-0.3, -0.25) is 4.79 Å². The number of nitrogens with one attached hydrogen (secondary N) is 1. The predicted molar refractivity (Wildman–Crippen MR) is 90.8 cm³/mol. The van der Waals surface area contributed by atoms with Crippen LogP contribution < -0.4 is 5.32 Å². The smallest absolute Gasteiger partial charge is 0.332 e. The molecule has 1 heterocycles. The van der Waals surface area contributed by atoms with Gasteiger partial charge in [-0.05, 0) is 35.9 Å². The van der Waals surface area contributed by atoms with Crippen LogP contribution in [0.15, 0.2) is 60.9 Å². The molecular weight excluding hydrogens is 376 g/mol. The maximum Gasteiger partial charge on any atom is 0.416 e. The number of alkyl halides is 3. The van der Waals surface area contributed by atoms with Gasteiger partial charge in [0, 0.05) is 12.4 Å². The van der Waals surface area contributed by atoms with E-state index >= 15 is 0 Å². The molecule has 142 valence electrons. The summed E-state index contributed by atoms with van der Waals surface area (Å²) in [5.41, 5.74) is -1.27. The van der Waals surface area contributed by atoms with Crippen molar-refractivity contribution in [3.63, 3.8) is 0 Å². The molecule has 1 N–H and O–H groups in total. The topological polar surface area (TPSA) is 70.7 Å². The Hall–Kier alpha value is -3.67. The Morgan fingerprint density at radius 2 is 1.93 bits per heavy atom. The Morgan fingerprint density at radius 3 is 2.57 bits per heavy atom. The normalized spacial score (nSPS) is 12.2. The van der Waals surface area contributed by atoms with Gasteiger partial charge in [0.15, 0.2) is 0 Å². The van der Waals surface area contributed by atoms with Crippen molar-refractivity contribution in [1.29, 1.82) is 5.26 Å². The third-order valence-electron chi connectivity index (χ3n) is 3.92. The van der Waals surface area contributed by atoms with E-state index < -0.39 is 29.5 Å². The summed E-state index contributed by atoms with van der Waals surface area (Å²) < 4.78 is 54.3. The molecule has 1 amide bonds. The van der Waals surface area contributed by atoms with Gasteiger partial charge in [0.05, 0.1) is 17.3 Å². The number of hydrogen-bond donors (Lipinski definition) is 1. The average Bonchev–Trinajstić information content (AvgIpc) is 3.19. The molecule has 0 aliphatic rings. The second-order valence-electron chi connectivity index (χ2n) is 5.74. The van der Waals surface area contributed by atoms with Crippen LogP contribution >= 0.6 is 0 Å². The number of amides is 1. The van der Waals surface area contributed by atoms with E-state index in [4.69, 9.17) is 0 Å². The van der Waals surface area contributed by atoms with Crippen molar-refractivity contribution >= 4 is 5.91 Å². The van der Waals surface area contributed by atoms with E-state index in [0.29, 0.717) is 0 Å². The molecule has 0 saturated heterocycles. The van der Waals surface area contributed by atoms with E-state index in [1.165, 1.54) is 35.3 Å². The molecule has 0 fully saturated rings. The fraction of sp³-hybridized carbons (Fsp3) is 0.105. The molecule has 0 aliphatic carbocycles. The van der Waals surface area contributed by atoms with Crippen molar-refractivity contribution in [2.45, 2.75) is 12.2 Å². The lowest BCUT2D eigenvalue weighted by Crippen LogP contribution is -2.29. The molecule has 0 spiro atoms. The Morgan fingerprint density at radius 1 is 1.18 bits per heavy atom. The molecule has 5 nitrogen and oxygen atoms in total. The molecule has 0 aliphatic heterocycles. The Balaban J connectivity index is 1.94. The number of benzene rings is 2. The zero-order valence-electron chi connectivity index (χ0n) is 14.1. The first-order chi connectivity index (χ1) is 13.3. The lowest BCUT2D eigenvalue weighted by molar-refractivity contribution is -0.137. The standard InChI is InChI=1S/C19H12F4N4O/c20-14-6-2-7-16(27-9-3-8-25-27)17(14)18(28)26-15(11-24)12-4-1-5-13(10-12)19(21,22)23/h1-10,15H,(H,26,28). The number of hydrogen-bond acceptors (Lipinski definition) is 3. The number of nitriles is 1. The summed E-state index contributed by atoms with van der Waals surface area (Å²) in [6.45, 7) is 0. The average molecular weight is 388 g/mol. The zero-order chi connectivity index (χ0) is 20.3. The lowest BCUT2D eigenvalue weighted by Gasteiger charge is -2.16. The van der Waals surface area contributed by atoms with Gasteiger partial charge in [0.1, 0.15) is 17.4 Å². The van der Waals surface area contributed by atoms with Crippen LogP contribution in [0.5, 0.6) is 0 Å². The first kappa shape index (κ1) is 19.1. The Labute approximate surface area is 156 Å². The molecule has 9 heteroatoms. The second-order valence-corrected chi connectivity index (χ2v) is 5.74. The summed E-state index contributed by atoms with van der Waals surface area (Å²) in [7, 11) is 0. The summed E-state index contributed by atoms with van der Waals surface area (Å²) in [4.78, 5) is 12.6. The van der Waals surface area contributed by atoms with E-state index in [1.54, 1.807) is 12.1 Å². The highest BCUT2D eigenvalue weighted by molar-refractivity contribution is 5.98. The summed E-state index contributed by atoms with van der Waals surface area (Å²) in [5, 5.41) is 15.6. The fourth-order valence-corrected chi connectivity index (χ4v) is 2.63. The largest absolute Gasteiger partial charge is 0.416 e. The number of halogens is 4. The zero-order valence-corrected chi connectivity index (χ0v) is 14.1. The molecule has 0 radical (unpaired) electrons. The Kier molecular flexibility index (Phi) is 5.13. The highest BCUT2D eigenvalue weighted by Crippen LogP contribution is 2.31. The van der Waals surface area contributed by atoms with Gasteiger partial charge in [-0.15, -0.1) is 0 Å². The van der Waals surface area contributed by atoms with Crippen molar-refractivity contribution in [2.75, 3.05) is 0 Å². The molecule has 28 heavy (non-hydrogen) atoms. The van der Waals surface area contributed by atoms with E-state index in [0.717, 1.165) is 24.3 Å². The van der Waals surface area contributed by atoms with Gasteiger partial charge in [-0.25, -0.2) is 9.07 Å². The van der Waals surface area contributed by atoms with Gasteiger partial charge in [0.2, 0.25) is 0 Å². The number of rotatable bonds is 4. The summed E-state index contributed by atoms with van der Waals surface area (Å²) >= 11 is 0. The third-order valence-corrected chi connectivity index (χ3v) is 3.92. The van der Waals surface area contributed by atoms with Crippen LogP contribution in [0.2, 0.25) is 0 Å². The number of nitrogens with zero attached hydrogens (tertiary/aromatic N) is 3. The van der Waals surface area contributed by atoms with Crippen molar-refractivity contribution in [1.82, 2.24) is 15.1 Å². The lowest BCUT2D eigenvalue weighted by atomic mass is 10.0. The van der Waals surface area contributed by atoms with Gasteiger partial charge >= 0.3 is 6.18 Å². The molecule has 2 aromatic carbocycles. The van der Waals surface area contributed by atoms with Crippen molar-refractivity contribution in [3.8, 4) is 11.8 Å². The van der Waals surface area contributed by atoms with E-state index in [-0.39, 0.29) is 16.8 Å². The fourth-order valence-electron chi connectivity index (χ4n) is 2.63. The summed E-state index contributed by atoms with van der Waals surface area (Å²) in [6.07, 6.45) is -1.66. The maximum absolute atomic E-state index is 14.3. The SMILES string of the molecule is N#CC(NC(=O)c1c(F)cccc1-n1cccn1)c1cccc(C(F)(F)F)c1. The van der Waals surface area contributed by atoms with Crippen molar-refractivity contribution < 1.29 is 22.4 Å². The predicted octanol–water partition coefficient (Wildman–Crippen LogP) is 4.02. The Bertz CT molecular complexity index is 1040.